The second-order valence-corrected chi connectivity index (χ2v) is 8.85. The van der Waals surface area contributed by atoms with Crippen molar-refractivity contribution < 1.29 is 0 Å². The first-order chi connectivity index (χ1) is 14.4. The van der Waals surface area contributed by atoms with Gasteiger partial charge in [0.05, 0.1) is 16.9 Å². The highest BCUT2D eigenvalue weighted by Crippen LogP contribution is 2.50. The summed E-state index contributed by atoms with van der Waals surface area (Å²) in [5.74, 6) is 1.22. The normalized spacial score (nSPS) is 16.4. The van der Waals surface area contributed by atoms with Crippen molar-refractivity contribution in [2.75, 3.05) is 9.80 Å². The fraction of sp³-hybridized carbons (Fsp3) is 0.259. The van der Waals surface area contributed by atoms with Crippen molar-refractivity contribution in [1.82, 2.24) is 4.57 Å². The van der Waals surface area contributed by atoms with Crippen molar-refractivity contribution >= 4 is 28.1 Å². The van der Waals surface area contributed by atoms with Gasteiger partial charge in [-0.3, -0.25) is 0 Å². The van der Waals surface area contributed by atoms with E-state index in [-0.39, 0.29) is 11.7 Å². The lowest BCUT2D eigenvalue weighted by Crippen LogP contribution is -2.49. The average Bonchev–Trinajstić information content (AvgIpc) is 3.22. The van der Waals surface area contributed by atoms with E-state index in [1.54, 1.807) is 0 Å². The van der Waals surface area contributed by atoms with Gasteiger partial charge < -0.3 is 14.4 Å². The van der Waals surface area contributed by atoms with E-state index in [0.717, 1.165) is 0 Å². The third-order valence-electron chi connectivity index (χ3n) is 6.73. The maximum Gasteiger partial charge on any atom is 0.115 e. The fourth-order valence-corrected chi connectivity index (χ4v) is 5.37. The van der Waals surface area contributed by atoms with Gasteiger partial charge >= 0.3 is 0 Å². The van der Waals surface area contributed by atoms with Gasteiger partial charge in [0.25, 0.3) is 0 Å². The lowest BCUT2D eigenvalue weighted by molar-refractivity contribution is 0.445. The van der Waals surface area contributed by atoms with Gasteiger partial charge in [-0.15, -0.1) is 0 Å². The summed E-state index contributed by atoms with van der Waals surface area (Å²) in [5, 5.41) is 1.27. The van der Waals surface area contributed by atoms with Crippen molar-refractivity contribution in [2.45, 2.75) is 39.4 Å². The molecule has 3 aromatic carbocycles. The van der Waals surface area contributed by atoms with E-state index in [2.05, 4.69) is 128 Å². The zero-order valence-electron chi connectivity index (χ0n) is 18.4. The van der Waals surface area contributed by atoms with Crippen LogP contribution >= 0.6 is 0 Å². The molecule has 0 amide bonds. The van der Waals surface area contributed by atoms with Crippen LogP contribution in [0, 0.1) is 6.92 Å². The molecule has 0 radical (unpaired) electrons. The summed E-state index contributed by atoms with van der Waals surface area (Å²) in [6.07, 6.45) is 0.181. The minimum absolute atomic E-state index is 0.153. The predicted octanol–water partition coefficient (Wildman–Crippen LogP) is 6.73. The van der Waals surface area contributed by atoms with Crippen LogP contribution in [0.4, 0.5) is 17.2 Å². The van der Waals surface area contributed by atoms with E-state index in [1.807, 2.05) is 0 Å². The first-order valence-corrected chi connectivity index (χ1v) is 10.7. The van der Waals surface area contributed by atoms with E-state index < -0.39 is 0 Å². The Kier molecular flexibility index (Phi) is 4.18. The van der Waals surface area contributed by atoms with Gasteiger partial charge in [0, 0.05) is 18.0 Å². The molecule has 0 N–H and O–H groups in total. The molecule has 2 heterocycles. The molecule has 152 valence electrons. The van der Waals surface area contributed by atoms with Gasteiger partial charge in [0.1, 0.15) is 12.0 Å². The molecule has 0 saturated heterocycles. The number of fused-ring (bicyclic) bond motifs is 2. The topological polar surface area (TPSA) is 11.4 Å². The zero-order chi connectivity index (χ0) is 21.0. The molecule has 0 aliphatic carbocycles. The Hall–Kier alpha value is -3.20. The number of aryl methyl sites for hydroxylation is 2. The van der Waals surface area contributed by atoms with E-state index in [0.29, 0.717) is 0 Å². The van der Waals surface area contributed by atoms with Crippen molar-refractivity contribution in [2.24, 2.45) is 7.05 Å². The second-order valence-electron chi connectivity index (χ2n) is 8.85. The Labute approximate surface area is 179 Å². The van der Waals surface area contributed by atoms with Crippen LogP contribution < -0.4 is 9.80 Å². The molecule has 1 aliphatic rings. The highest BCUT2D eigenvalue weighted by atomic mass is 15.5. The largest absolute Gasteiger partial charge is 0.340 e. The zero-order valence-corrected chi connectivity index (χ0v) is 18.4. The number of aromatic nitrogens is 1. The van der Waals surface area contributed by atoms with Gasteiger partial charge in [0.2, 0.25) is 0 Å². The van der Waals surface area contributed by atoms with Crippen LogP contribution in [0.5, 0.6) is 0 Å². The summed E-state index contributed by atoms with van der Waals surface area (Å²) in [7, 11) is 2.17. The molecular formula is C27H29N3. The summed E-state index contributed by atoms with van der Waals surface area (Å²) in [5.41, 5.74) is 6.34. The quantitative estimate of drug-likeness (QED) is 0.381. The standard InChI is InChI=1S/C27H29N3/c1-19-12-6-8-14-22(19)27(3,4)30-20(2)29(24-16-10-11-17-25(24)30)26-18-21-13-7-9-15-23(21)28(26)5/h6-18,20H,1-5H3/t20-/m1/s1. The highest BCUT2D eigenvalue weighted by molar-refractivity contribution is 5.90. The number of nitrogens with zero attached hydrogens (tertiary/aromatic N) is 3. The molecule has 1 atom stereocenters. The molecule has 0 fully saturated rings. The Morgan fingerprint density at radius 1 is 0.800 bits per heavy atom. The second kappa shape index (κ2) is 6.66. The molecule has 0 bridgehead atoms. The number of anilines is 3. The van der Waals surface area contributed by atoms with Crippen LogP contribution in [0.2, 0.25) is 0 Å². The number of hydrogen-bond acceptors (Lipinski definition) is 2. The first-order valence-electron chi connectivity index (χ1n) is 10.7. The van der Waals surface area contributed by atoms with Gasteiger partial charge in [0.15, 0.2) is 0 Å². The molecular weight excluding hydrogens is 366 g/mol. The van der Waals surface area contributed by atoms with Crippen molar-refractivity contribution in [3.63, 3.8) is 0 Å². The molecule has 0 saturated carbocycles. The highest BCUT2D eigenvalue weighted by Gasteiger charge is 2.43. The summed E-state index contributed by atoms with van der Waals surface area (Å²) in [4.78, 5) is 5.05. The van der Waals surface area contributed by atoms with Crippen molar-refractivity contribution in [3.8, 4) is 0 Å². The Morgan fingerprint density at radius 2 is 1.43 bits per heavy atom. The number of para-hydroxylation sites is 3. The Morgan fingerprint density at radius 3 is 2.17 bits per heavy atom. The van der Waals surface area contributed by atoms with Crippen LogP contribution in [0.3, 0.4) is 0 Å². The van der Waals surface area contributed by atoms with Crippen molar-refractivity contribution in [3.05, 3.63) is 90.0 Å². The fourth-order valence-electron chi connectivity index (χ4n) is 5.37. The minimum Gasteiger partial charge on any atom is -0.340 e. The SMILES string of the molecule is Cc1ccccc1C(C)(C)N1c2ccccc2N(c2cc3ccccc3n2C)[C@H]1C. The number of benzene rings is 3. The monoisotopic (exact) mass is 395 g/mol. The van der Waals surface area contributed by atoms with Gasteiger partial charge in [-0.2, -0.15) is 0 Å². The smallest absolute Gasteiger partial charge is 0.115 e. The third-order valence-corrected chi connectivity index (χ3v) is 6.73. The number of rotatable bonds is 3. The third kappa shape index (κ3) is 2.58. The molecule has 3 heteroatoms. The summed E-state index contributed by atoms with van der Waals surface area (Å²) >= 11 is 0. The number of hydrogen-bond donors (Lipinski definition) is 0. The summed E-state index contributed by atoms with van der Waals surface area (Å²) in [6, 6.07) is 28.5. The first kappa shape index (κ1) is 18.8. The van der Waals surface area contributed by atoms with Crippen LogP contribution in [0.15, 0.2) is 78.9 Å². The minimum atomic E-state index is -0.153. The van der Waals surface area contributed by atoms with E-state index in [4.69, 9.17) is 0 Å². The molecule has 30 heavy (non-hydrogen) atoms. The maximum absolute atomic E-state index is 2.57. The molecule has 4 aromatic rings. The molecule has 5 rings (SSSR count). The van der Waals surface area contributed by atoms with Gasteiger partial charge in [-0.05, 0) is 63.1 Å². The van der Waals surface area contributed by atoms with Crippen LogP contribution in [-0.4, -0.2) is 10.7 Å². The van der Waals surface area contributed by atoms with E-state index in [9.17, 15) is 0 Å². The van der Waals surface area contributed by atoms with E-state index in [1.165, 1.54) is 39.2 Å². The average molecular weight is 396 g/mol. The lowest BCUT2D eigenvalue weighted by Gasteiger charge is -2.43. The Balaban J connectivity index is 1.69. The maximum atomic E-state index is 2.57. The molecule has 0 unspecified atom stereocenters. The molecule has 1 aromatic heterocycles. The molecule has 1 aliphatic heterocycles. The van der Waals surface area contributed by atoms with E-state index >= 15 is 0 Å². The van der Waals surface area contributed by atoms with Crippen LogP contribution in [0.1, 0.15) is 31.9 Å². The molecule has 3 nitrogen and oxygen atoms in total. The summed E-state index contributed by atoms with van der Waals surface area (Å²) < 4.78 is 2.31. The van der Waals surface area contributed by atoms with Crippen molar-refractivity contribution in [1.29, 1.82) is 0 Å². The lowest BCUT2D eigenvalue weighted by atomic mass is 9.88. The molecule has 0 spiro atoms. The van der Waals surface area contributed by atoms with Crippen LogP contribution in [-0.2, 0) is 12.6 Å². The van der Waals surface area contributed by atoms with Crippen LogP contribution in [0.25, 0.3) is 10.9 Å². The predicted molar refractivity (Wildman–Crippen MR) is 128 cm³/mol. The summed E-state index contributed by atoms with van der Waals surface area (Å²) in [6.45, 7) is 9.21. The Bertz CT molecular complexity index is 1230. The van der Waals surface area contributed by atoms with Gasteiger partial charge in [-0.1, -0.05) is 54.6 Å². The van der Waals surface area contributed by atoms with Gasteiger partial charge in [-0.25, -0.2) is 0 Å².